The third kappa shape index (κ3) is 7.16. The molecule has 2 heterocycles. The van der Waals surface area contributed by atoms with Crippen molar-refractivity contribution < 1.29 is 4.74 Å². The first-order valence-corrected chi connectivity index (χ1v) is 10.6. The van der Waals surface area contributed by atoms with Crippen LogP contribution in [-0.4, -0.2) is 55.1 Å². The van der Waals surface area contributed by atoms with Crippen LogP contribution in [0.3, 0.4) is 0 Å². The fraction of sp³-hybridized carbons (Fsp3) is 0.545. The van der Waals surface area contributed by atoms with E-state index in [1.54, 1.807) is 0 Å². The number of morpholine rings is 1. The number of nitrogens with zero attached hydrogens (tertiary/aromatic N) is 4. The van der Waals surface area contributed by atoms with Crippen molar-refractivity contribution in [3.8, 4) is 0 Å². The predicted octanol–water partition coefficient (Wildman–Crippen LogP) is 3.10. The molecule has 1 aromatic carbocycles. The molecule has 0 radical (unpaired) electrons. The molecular weight excluding hydrogens is 491 g/mol. The van der Waals surface area contributed by atoms with Crippen LogP contribution in [0.5, 0.6) is 0 Å². The van der Waals surface area contributed by atoms with Gasteiger partial charge in [-0.2, -0.15) is 5.10 Å². The summed E-state index contributed by atoms with van der Waals surface area (Å²) in [6, 6.07) is 10.7. The molecule has 1 aromatic heterocycles. The Kier molecular flexibility index (Phi) is 10.4. The molecule has 0 spiro atoms. The molecule has 2 N–H and O–H groups in total. The van der Waals surface area contributed by atoms with Crippen LogP contribution in [0, 0.1) is 13.8 Å². The van der Waals surface area contributed by atoms with Gasteiger partial charge in [-0.05, 0) is 44.9 Å². The number of hydrogen-bond acceptors (Lipinski definition) is 4. The number of ether oxygens (including phenoxy) is 1. The van der Waals surface area contributed by atoms with Gasteiger partial charge >= 0.3 is 0 Å². The minimum atomic E-state index is 0. The highest BCUT2D eigenvalue weighted by Crippen LogP contribution is 2.22. The number of rotatable bonds is 8. The molecule has 30 heavy (non-hydrogen) atoms. The van der Waals surface area contributed by atoms with Gasteiger partial charge in [0.05, 0.1) is 25.5 Å². The number of para-hydroxylation sites is 1. The van der Waals surface area contributed by atoms with Gasteiger partial charge in [0.2, 0.25) is 0 Å². The van der Waals surface area contributed by atoms with Crippen molar-refractivity contribution in [2.24, 2.45) is 4.99 Å². The Bertz CT molecular complexity index is 801. The van der Waals surface area contributed by atoms with E-state index in [0.717, 1.165) is 64.0 Å². The Labute approximate surface area is 197 Å². The standard InChI is InChI=1S/C22H34N6O.HI/c1-4-23-22(24-10-7-11-28-19(3)16-18(2)26-28)25-17-20-8-5-6-9-21(20)27-12-14-29-15-13-27;/h5-6,8-9,16H,4,7,10-15,17H2,1-3H3,(H2,23,24,25);1H. The first-order chi connectivity index (χ1) is 14.2. The van der Waals surface area contributed by atoms with Crippen molar-refractivity contribution in [1.29, 1.82) is 0 Å². The lowest BCUT2D eigenvalue weighted by atomic mass is 10.1. The Morgan fingerprint density at radius 2 is 1.93 bits per heavy atom. The third-order valence-corrected chi connectivity index (χ3v) is 5.04. The molecule has 0 aliphatic carbocycles. The van der Waals surface area contributed by atoms with E-state index < -0.39 is 0 Å². The summed E-state index contributed by atoms with van der Waals surface area (Å²) in [7, 11) is 0. The van der Waals surface area contributed by atoms with Crippen LogP contribution in [0.1, 0.15) is 30.3 Å². The van der Waals surface area contributed by atoms with E-state index in [2.05, 4.69) is 69.5 Å². The van der Waals surface area contributed by atoms with E-state index in [4.69, 9.17) is 9.73 Å². The second kappa shape index (κ2) is 12.8. The maximum absolute atomic E-state index is 5.49. The molecule has 1 fully saturated rings. The molecule has 2 aromatic rings. The highest BCUT2D eigenvalue weighted by molar-refractivity contribution is 14.0. The van der Waals surface area contributed by atoms with Crippen molar-refractivity contribution in [2.75, 3.05) is 44.3 Å². The van der Waals surface area contributed by atoms with Gasteiger partial charge in [0.25, 0.3) is 0 Å². The first kappa shape index (κ1) is 24.5. The van der Waals surface area contributed by atoms with Gasteiger partial charge in [-0.3, -0.25) is 4.68 Å². The lowest BCUT2D eigenvalue weighted by Crippen LogP contribution is -2.38. The van der Waals surface area contributed by atoms with Crippen LogP contribution in [0.2, 0.25) is 0 Å². The number of benzene rings is 1. The second-order valence-electron chi connectivity index (χ2n) is 7.35. The van der Waals surface area contributed by atoms with E-state index in [-0.39, 0.29) is 24.0 Å². The molecule has 1 aliphatic rings. The van der Waals surface area contributed by atoms with Crippen molar-refractivity contribution in [3.05, 3.63) is 47.3 Å². The van der Waals surface area contributed by atoms with E-state index in [1.807, 2.05) is 6.92 Å². The SMILES string of the molecule is CCNC(=NCc1ccccc1N1CCOCC1)NCCCn1nc(C)cc1C.I. The summed E-state index contributed by atoms with van der Waals surface area (Å²) in [4.78, 5) is 7.21. The summed E-state index contributed by atoms with van der Waals surface area (Å²) in [6.45, 7) is 12.9. The highest BCUT2D eigenvalue weighted by Gasteiger charge is 2.14. The Balaban J connectivity index is 0.00000320. The predicted molar refractivity (Wildman–Crippen MR) is 134 cm³/mol. The van der Waals surface area contributed by atoms with Gasteiger partial charge in [0.15, 0.2) is 5.96 Å². The maximum Gasteiger partial charge on any atom is 0.191 e. The average molecular weight is 526 g/mol. The molecule has 8 heteroatoms. The zero-order valence-corrected chi connectivity index (χ0v) is 20.7. The lowest BCUT2D eigenvalue weighted by Gasteiger charge is -2.30. The highest BCUT2D eigenvalue weighted by atomic mass is 127. The van der Waals surface area contributed by atoms with Gasteiger partial charge in [-0.25, -0.2) is 4.99 Å². The quantitative estimate of drug-likeness (QED) is 0.240. The summed E-state index contributed by atoms with van der Waals surface area (Å²) in [5.41, 5.74) is 4.79. The number of aromatic nitrogens is 2. The van der Waals surface area contributed by atoms with Crippen LogP contribution in [0.15, 0.2) is 35.3 Å². The van der Waals surface area contributed by atoms with Crippen LogP contribution in [0.4, 0.5) is 5.69 Å². The van der Waals surface area contributed by atoms with E-state index in [1.165, 1.54) is 16.9 Å². The van der Waals surface area contributed by atoms with Gasteiger partial charge in [-0.15, -0.1) is 24.0 Å². The summed E-state index contributed by atoms with van der Waals surface area (Å²) < 4.78 is 7.56. The lowest BCUT2D eigenvalue weighted by molar-refractivity contribution is 0.122. The molecular formula is C22H35IN6O. The summed E-state index contributed by atoms with van der Waals surface area (Å²) >= 11 is 0. The van der Waals surface area contributed by atoms with Crippen molar-refractivity contribution in [1.82, 2.24) is 20.4 Å². The van der Waals surface area contributed by atoms with Crippen molar-refractivity contribution in [2.45, 2.75) is 40.3 Å². The third-order valence-electron chi connectivity index (χ3n) is 5.04. The van der Waals surface area contributed by atoms with E-state index >= 15 is 0 Å². The van der Waals surface area contributed by atoms with Gasteiger partial charge < -0.3 is 20.3 Å². The van der Waals surface area contributed by atoms with Crippen LogP contribution in [0.25, 0.3) is 0 Å². The number of guanidine groups is 1. The number of aryl methyl sites for hydroxylation is 3. The average Bonchev–Trinajstić information content (AvgIpc) is 3.07. The zero-order valence-electron chi connectivity index (χ0n) is 18.4. The Morgan fingerprint density at radius 1 is 1.17 bits per heavy atom. The summed E-state index contributed by atoms with van der Waals surface area (Å²) in [5, 5.41) is 11.3. The van der Waals surface area contributed by atoms with Crippen LogP contribution in [-0.2, 0) is 17.8 Å². The van der Waals surface area contributed by atoms with Crippen LogP contribution >= 0.6 is 24.0 Å². The minimum Gasteiger partial charge on any atom is -0.378 e. The van der Waals surface area contributed by atoms with Crippen LogP contribution < -0.4 is 15.5 Å². The fourth-order valence-electron chi connectivity index (χ4n) is 3.60. The number of nitrogens with one attached hydrogen (secondary N) is 2. The molecule has 7 nitrogen and oxygen atoms in total. The molecule has 0 saturated carbocycles. The molecule has 0 atom stereocenters. The fourth-order valence-corrected chi connectivity index (χ4v) is 3.60. The molecule has 1 saturated heterocycles. The van der Waals surface area contributed by atoms with Gasteiger partial charge in [-0.1, -0.05) is 18.2 Å². The Hall–Kier alpha value is -1.81. The minimum absolute atomic E-state index is 0. The number of anilines is 1. The number of hydrogen-bond donors (Lipinski definition) is 2. The van der Waals surface area contributed by atoms with Crippen molar-refractivity contribution in [3.63, 3.8) is 0 Å². The summed E-state index contributed by atoms with van der Waals surface area (Å²) in [5.74, 6) is 0.859. The van der Waals surface area contributed by atoms with Gasteiger partial charge in [0.1, 0.15) is 0 Å². The first-order valence-electron chi connectivity index (χ1n) is 10.6. The monoisotopic (exact) mass is 526 g/mol. The Morgan fingerprint density at radius 3 is 2.63 bits per heavy atom. The van der Waals surface area contributed by atoms with Crippen molar-refractivity contribution >= 4 is 35.6 Å². The van der Waals surface area contributed by atoms with Gasteiger partial charge in [0, 0.05) is 44.1 Å². The maximum atomic E-state index is 5.49. The number of aliphatic imine (C=N–C) groups is 1. The molecule has 166 valence electrons. The largest absolute Gasteiger partial charge is 0.378 e. The molecule has 3 rings (SSSR count). The number of halogens is 1. The van der Waals surface area contributed by atoms with E-state index in [9.17, 15) is 0 Å². The normalized spacial score (nSPS) is 14.4. The zero-order chi connectivity index (χ0) is 20.5. The topological polar surface area (TPSA) is 66.7 Å². The summed E-state index contributed by atoms with van der Waals surface area (Å²) in [6.07, 6.45) is 0.997. The molecule has 1 aliphatic heterocycles. The molecule has 0 unspecified atom stereocenters. The molecule has 0 amide bonds. The van der Waals surface area contributed by atoms with E-state index in [0.29, 0.717) is 6.54 Å². The molecule has 0 bridgehead atoms. The second-order valence-corrected chi connectivity index (χ2v) is 7.35. The smallest absolute Gasteiger partial charge is 0.191 e.